The largest absolute Gasteiger partial charge is 0.340 e. The number of amides is 1. The minimum absolute atomic E-state index is 0.0444. The summed E-state index contributed by atoms with van der Waals surface area (Å²) < 4.78 is 35.5. The fourth-order valence-electron chi connectivity index (χ4n) is 3.00. The third-order valence-corrected chi connectivity index (χ3v) is 7.02. The molecule has 0 bridgehead atoms. The SMILES string of the molecule is O=C(C1CNC1)N1CCN(S(=O)(=O)c2cccc3c2N=S=N3)CC1. The monoisotopic (exact) mass is 367 g/mol. The van der Waals surface area contributed by atoms with Crippen molar-refractivity contribution in [2.45, 2.75) is 4.90 Å². The first-order valence-electron chi connectivity index (χ1n) is 7.78. The van der Waals surface area contributed by atoms with E-state index < -0.39 is 10.0 Å². The van der Waals surface area contributed by atoms with E-state index in [1.807, 2.05) is 0 Å². The van der Waals surface area contributed by atoms with Gasteiger partial charge in [-0.15, -0.1) is 0 Å². The average molecular weight is 367 g/mol. The molecule has 0 aliphatic carbocycles. The summed E-state index contributed by atoms with van der Waals surface area (Å²) in [6, 6.07) is 5.00. The Hall–Kier alpha value is -1.62. The first kappa shape index (κ1) is 15.9. The van der Waals surface area contributed by atoms with Crippen LogP contribution in [-0.4, -0.2) is 62.8 Å². The smallest absolute Gasteiger partial charge is 0.245 e. The van der Waals surface area contributed by atoms with Crippen LogP contribution < -0.4 is 5.32 Å². The second-order valence-electron chi connectivity index (χ2n) is 5.97. The number of benzene rings is 1. The molecule has 8 nitrogen and oxygen atoms in total. The standard InChI is InChI=1S/C14H17N5O3S2/c20-14(10-8-15-9-10)18-4-6-19(7-5-18)24(21,22)12-3-1-2-11-13(12)17-23-16-11/h1-3,10,15H,4-9H2. The highest BCUT2D eigenvalue weighted by atomic mass is 32.2. The molecule has 1 aromatic carbocycles. The number of nitrogens with one attached hydrogen (secondary N) is 1. The van der Waals surface area contributed by atoms with Gasteiger partial charge in [0, 0.05) is 39.3 Å². The van der Waals surface area contributed by atoms with Crippen molar-refractivity contribution in [1.29, 1.82) is 0 Å². The molecule has 4 rings (SSSR count). The second kappa shape index (κ2) is 6.03. The van der Waals surface area contributed by atoms with Gasteiger partial charge in [0.25, 0.3) is 0 Å². The summed E-state index contributed by atoms with van der Waals surface area (Å²) >= 11 is 1.00. The zero-order valence-electron chi connectivity index (χ0n) is 12.9. The molecular weight excluding hydrogens is 350 g/mol. The second-order valence-corrected chi connectivity index (χ2v) is 8.41. The van der Waals surface area contributed by atoms with E-state index in [9.17, 15) is 13.2 Å². The molecule has 128 valence electrons. The highest BCUT2D eigenvalue weighted by molar-refractivity contribution is 7.89. The first-order valence-corrected chi connectivity index (χ1v) is 9.95. The summed E-state index contributed by atoms with van der Waals surface area (Å²) in [5.74, 6) is 0.166. The van der Waals surface area contributed by atoms with Crippen LogP contribution in [0.3, 0.4) is 0 Å². The summed E-state index contributed by atoms with van der Waals surface area (Å²) in [5, 5.41) is 3.08. The van der Waals surface area contributed by atoms with Crippen LogP contribution in [0.4, 0.5) is 11.4 Å². The van der Waals surface area contributed by atoms with Crippen molar-refractivity contribution in [3.8, 4) is 0 Å². The number of hydrogen-bond acceptors (Lipinski definition) is 6. The van der Waals surface area contributed by atoms with Crippen LogP contribution in [0.5, 0.6) is 0 Å². The van der Waals surface area contributed by atoms with Gasteiger partial charge < -0.3 is 10.2 Å². The maximum Gasteiger partial charge on any atom is 0.245 e. The van der Waals surface area contributed by atoms with Gasteiger partial charge in [0.05, 0.1) is 17.3 Å². The molecule has 24 heavy (non-hydrogen) atoms. The molecule has 10 heteroatoms. The topological polar surface area (TPSA) is 94.4 Å². The van der Waals surface area contributed by atoms with Crippen molar-refractivity contribution < 1.29 is 13.2 Å². The molecule has 0 radical (unpaired) electrons. The summed E-state index contributed by atoms with van der Waals surface area (Å²) in [7, 11) is -3.63. The van der Waals surface area contributed by atoms with Crippen molar-refractivity contribution in [3.05, 3.63) is 18.2 Å². The predicted octanol–water partition coefficient (Wildman–Crippen LogP) is 0.465. The van der Waals surface area contributed by atoms with Crippen molar-refractivity contribution in [1.82, 2.24) is 14.5 Å². The van der Waals surface area contributed by atoms with Crippen molar-refractivity contribution >= 4 is 38.7 Å². The van der Waals surface area contributed by atoms with Gasteiger partial charge in [-0.2, -0.15) is 13.0 Å². The van der Waals surface area contributed by atoms with E-state index in [0.717, 1.165) is 24.4 Å². The van der Waals surface area contributed by atoms with Gasteiger partial charge in [-0.1, -0.05) is 6.07 Å². The molecule has 2 saturated heterocycles. The Bertz CT molecular complexity index is 851. The molecule has 1 amide bonds. The molecule has 1 aromatic rings. The van der Waals surface area contributed by atoms with Gasteiger partial charge in [0.2, 0.25) is 15.9 Å². The highest BCUT2D eigenvalue weighted by Gasteiger charge is 2.35. The average Bonchev–Trinajstić information content (AvgIpc) is 3.01. The Morgan fingerprint density at radius 2 is 1.92 bits per heavy atom. The molecular formula is C14H17N5O3S2. The third-order valence-electron chi connectivity index (χ3n) is 4.55. The van der Waals surface area contributed by atoms with Crippen LogP contribution in [0, 0.1) is 5.92 Å². The molecule has 0 aromatic heterocycles. The van der Waals surface area contributed by atoms with Crippen LogP contribution >= 0.6 is 0 Å². The van der Waals surface area contributed by atoms with Crippen molar-refractivity contribution in [3.63, 3.8) is 0 Å². The zero-order valence-corrected chi connectivity index (χ0v) is 14.5. The van der Waals surface area contributed by atoms with E-state index in [0.29, 0.717) is 37.6 Å². The molecule has 1 N–H and O–H groups in total. The van der Waals surface area contributed by atoms with E-state index in [1.165, 1.54) is 4.31 Å². The molecule has 0 atom stereocenters. The minimum Gasteiger partial charge on any atom is -0.340 e. The van der Waals surface area contributed by atoms with Gasteiger partial charge >= 0.3 is 0 Å². The highest BCUT2D eigenvalue weighted by Crippen LogP contribution is 2.38. The summed E-state index contributed by atoms with van der Waals surface area (Å²) in [4.78, 5) is 14.2. The zero-order chi connectivity index (χ0) is 16.7. The summed E-state index contributed by atoms with van der Waals surface area (Å²) in [5.41, 5.74) is 1.01. The number of carbonyl (C=O) groups is 1. The Morgan fingerprint density at radius 1 is 1.17 bits per heavy atom. The Balaban J connectivity index is 1.50. The molecule has 0 unspecified atom stereocenters. The molecule has 3 heterocycles. The van der Waals surface area contributed by atoms with Gasteiger partial charge in [0.1, 0.15) is 16.3 Å². The molecule has 2 fully saturated rings. The van der Waals surface area contributed by atoms with Crippen LogP contribution in [-0.2, 0) is 26.2 Å². The number of fused-ring (bicyclic) bond motifs is 1. The minimum atomic E-state index is -3.63. The van der Waals surface area contributed by atoms with E-state index in [2.05, 4.69) is 14.0 Å². The van der Waals surface area contributed by atoms with E-state index in [4.69, 9.17) is 0 Å². The number of hydrogen-bond donors (Lipinski definition) is 1. The van der Waals surface area contributed by atoms with Crippen LogP contribution in [0.25, 0.3) is 0 Å². The van der Waals surface area contributed by atoms with E-state index in [1.54, 1.807) is 23.1 Å². The van der Waals surface area contributed by atoms with Crippen LogP contribution in [0.2, 0.25) is 0 Å². The number of sulfonamides is 1. The molecule has 0 saturated carbocycles. The number of carbonyl (C=O) groups excluding carboxylic acids is 1. The summed E-state index contributed by atoms with van der Waals surface area (Å²) in [6.07, 6.45) is 0. The van der Waals surface area contributed by atoms with E-state index in [-0.39, 0.29) is 16.7 Å². The lowest BCUT2D eigenvalue weighted by Gasteiger charge is -2.38. The fraction of sp³-hybridized carbons (Fsp3) is 0.500. The lowest BCUT2D eigenvalue weighted by atomic mass is 10.0. The van der Waals surface area contributed by atoms with Crippen molar-refractivity contribution in [2.24, 2.45) is 14.6 Å². The van der Waals surface area contributed by atoms with Crippen LogP contribution in [0.1, 0.15) is 0 Å². The Labute approximate surface area is 143 Å². The number of piperazine rings is 1. The Morgan fingerprint density at radius 3 is 2.58 bits per heavy atom. The summed E-state index contributed by atoms with van der Waals surface area (Å²) in [6.45, 7) is 2.91. The number of rotatable bonds is 3. The van der Waals surface area contributed by atoms with E-state index >= 15 is 0 Å². The third kappa shape index (κ3) is 2.59. The maximum atomic E-state index is 12.9. The fourth-order valence-corrected chi connectivity index (χ4v) is 5.17. The maximum absolute atomic E-state index is 12.9. The lowest BCUT2D eigenvalue weighted by molar-refractivity contribution is -0.138. The van der Waals surface area contributed by atoms with Gasteiger partial charge in [-0.05, 0) is 12.1 Å². The van der Waals surface area contributed by atoms with Crippen LogP contribution in [0.15, 0.2) is 31.8 Å². The Kier molecular flexibility index (Phi) is 3.99. The molecule has 3 aliphatic rings. The molecule has 3 aliphatic heterocycles. The lowest BCUT2D eigenvalue weighted by Crippen LogP contribution is -2.57. The number of nitrogens with zero attached hydrogens (tertiary/aromatic N) is 4. The normalized spacial score (nSPS) is 21.2. The predicted molar refractivity (Wildman–Crippen MR) is 89.7 cm³/mol. The first-order chi connectivity index (χ1) is 11.6. The quantitative estimate of drug-likeness (QED) is 0.853. The van der Waals surface area contributed by atoms with Gasteiger partial charge in [0.15, 0.2) is 0 Å². The van der Waals surface area contributed by atoms with Gasteiger partial charge in [-0.25, -0.2) is 8.42 Å². The van der Waals surface area contributed by atoms with Gasteiger partial charge in [-0.3, -0.25) is 4.79 Å². The molecule has 0 spiro atoms. The van der Waals surface area contributed by atoms with Crippen molar-refractivity contribution in [2.75, 3.05) is 39.3 Å².